The normalized spacial score (nSPS) is 21.9. The molecule has 11 heavy (non-hydrogen) atoms. The summed E-state index contributed by atoms with van der Waals surface area (Å²) in [5.74, 6) is 0. The fraction of sp³-hybridized carbons (Fsp3) is 0.200. The summed E-state index contributed by atoms with van der Waals surface area (Å²) in [7, 11) is 0. The first-order chi connectivity index (χ1) is 5.29. The maximum Gasteiger partial charge on any atom is 0.0625 e. The van der Waals surface area contributed by atoms with Gasteiger partial charge >= 0.3 is 0 Å². The van der Waals surface area contributed by atoms with Crippen LogP contribution in [0, 0.1) is 0 Å². The maximum absolute atomic E-state index is 6.03. The molecule has 0 saturated carbocycles. The van der Waals surface area contributed by atoms with E-state index in [1.54, 1.807) is 0 Å². The van der Waals surface area contributed by atoms with Gasteiger partial charge in [-0.1, -0.05) is 30.8 Å². The summed E-state index contributed by atoms with van der Waals surface area (Å²) < 4.78 is 0. The molecule has 0 amide bonds. The first kappa shape index (κ1) is 6.93. The van der Waals surface area contributed by atoms with Crippen molar-refractivity contribution in [2.75, 3.05) is 0 Å². The van der Waals surface area contributed by atoms with Crippen LogP contribution in [0.2, 0.25) is 0 Å². The Morgan fingerprint density at radius 2 is 2.09 bits per heavy atom. The molecule has 0 nitrogen and oxygen atoms in total. The fourth-order valence-electron chi connectivity index (χ4n) is 1.50. The zero-order valence-electron chi connectivity index (χ0n) is 6.18. The Bertz CT molecular complexity index is 301. The van der Waals surface area contributed by atoms with E-state index in [4.69, 9.17) is 11.6 Å². The predicted molar refractivity (Wildman–Crippen MR) is 48.8 cm³/mol. The number of hydrogen-bond acceptors (Lipinski definition) is 0. The minimum Gasteiger partial charge on any atom is -0.117 e. The number of hydrogen-bond donors (Lipinski definition) is 0. The summed E-state index contributed by atoms with van der Waals surface area (Å²) in [5, 5.41) is 0.118. The van der Waals surface area contributed by atoms with Gasteiger partial charge in [-0.25, -0.2) is 0 Å². The summed E-state index contributed by atoms with van der Waals surface area (Å²) in [6.07, 6.45) is 0.941. The van der Waals surface area contributed by atoms with Gasteiger partial charge in [0.1, 0.15) is 0 Å². The number of alkyl halides is 1. The van der Waals surface area contributed by atoms with E-state index in [0.29, 0.717) is 0 Å². The molecule has 1 aromatic rings. The second-order valence-electron chi connectivity index (χ2n) is 2.85. The maximum atomic E-state index is 6.03. The van der Waals surface area contributed by atoms with E-state index in [0.717, 1.165) is 12.0 Å². The van der Waals surface area contributed by atoms with E-state index in [1.807, 2.05) is 12.1 Å². The van der Waals surface area contributed by atoms with Gasteiger partial charge in [-0.05, 0) is 23.1 Å². The topological polar surface area (TPSA) is 0 Å². The smallest absolute Gasteiger partial charge is 0.0625 e. The third-order valence-corrected chi connectivity index (χ3v) is 2.56. The predicted octanol–water partition coefficient (Wildman–Crippen LogP) is 2.86. The molecule has 0 radical (unpaired) electrons. The lowest BCUT2D eigenvalue weighted by atomic mass is 10.1. The van der Waals surface area contributed by atoms with Gasteiger partial charge in [0.25, 0.3) is 0 Å². The Morgan fingerprint density at radius 1 is 1.36 bits per heavy atom. The van der Waals surface area contributed by atoms with Crippen LogP contribution in [0.4, 0.5) is 0 Å². The first-order valence-corrected chi connectivity index (χ1v) is 4.14. The van der Waals surface area contributed by atoms with Gasteiger partial charge < -0.3 is 0 Å². The summed E-state index contributed by atoms with van der Waals surface area (Å²) in [5.41, 5.74) is 3.65. The van der Waals surface area contributed by atoms with Crippen LogP contribution in [0.3, 0.4) is 0 Å². The van der Waals surface area contributed by atoms with Crippen molar-refractivity contribution >= 4 is 17.2 Å². The minimum atomic E-state index is 0.118. The van der Waals surface area contributed by atoms with Crippen molar-refractivity contribution in [3.05, 3.63) is 42.0 Å². The highest BCUT2D eigenvalue weighted by atomic mass is 35.5. The molecule has 0 aliphatic heterocycles. The van der Waals surface area contributed by atoms with Crippen molar-refractivity contribution in [3.63, 3.8) is 0 Å². The standard InChI is InChI=1S/C10H9Cl/c1-7-9-5-3-2-4-8(9)6-10(7)11/h2-5,10H,1,6H2. The zero-order chi connectivity index (χ0) is 7.84. The highest BCUT2D eigenvalue weighted by molar-refractivity contribution is 6.27. The lowest BCUT2D eigenvalue weighted by Gasteiger charge is -1.98. The van der Waals surface area contributed by atoms with Gasteiger partial charge in [0, 0.05) is 0 Å². The van der Waals surface area contributed by atoms with Crippen LogP contribution in [0.25, 0.3) is 5.57 Å². The molecule has 1 aliphatic carbocycles. The number of allylic oxidation sites excluding steroid dienone is 1. The molecular weight excluding hydrogens is 156 g/mol. The minimum absolute atomic E-state index is 0.118. The van der Waals surface area contributed by atoms with Gasteiger partial charge in [-0.2, -0.15) is 0 Å². The van der Waals surface area contributed by atoms with Crippen molar-refractivity contribution in [2.45, 2.75) is 11.8 Å². The quantitative estimate of drug-likeness (QED) is 0.518. The van der Waals surface area contributed by atoms with Gasteiger partial charge in [0.05, 0.1) is 5.38 Å². The fourth-order valence-corrected chi connectivity index (χ4v) is 1.78. The molecule has 56 valence electrons. The summed E-state index contributed by atoms with van der Waals surface area (Å²) >= 11 is 6.03. The van der Waals surface area contributed by atoms with E-state index in [2.05, 4.69) is 18.7 Å². The summed E-state index contributed by atoms with van der Waals surface area (Å²) in [6, 6.07) is 8.27. The van der Waals surface area contributed by atoms with Crippen LogP contribution < -0.4 is 0 Å². The monoisotopic (exact) mass is 164 g/mol. The molecule has 1 atom stereocenters. The van der Waals surface area contributed by atoms with E-state index < -0.39 is 0 Å². The van der Waals surface area contributed by atoms with Crippen molar-refractivity contribution < 1.29 is 0 Å². The second-order valence-corrected chi connectivity index (χ2v) is 3.38. The zero-order valence-corrected chi connectivity index (χ0v) is 6.93. The lowest BCUT2D eigenvalue weighted by Crippen LogP contribution is -1.92. The molecule has 2 rings (SSSR count). The number of fused-ring (bicyclic) bond motifs is 1. The third-order valence-electron chi connectivity index (χ3n) is 2.14. The van der Waals surface area contributed by atoms with E-state index >= 15 is 0 Å². The molecule has 1 aliphatic rings. The van der Waals surface area contributed by atoms with E-state index in [1.165, 1.54) is 11.1 Å². The van der Waals surface area contributed by atoms with Gasteiger partial charge in [-0.3, -0.25) is 0 Å². The molecule has 0 spiro atoms. The molecule has 0 saturated heterocycles. The van der Waals surface area contributed by atoms with Crippen molar-refractivity contribution in [1.82, 2.24) is 0 Å². The molecule has 0 aromatic heterocycles. The van der Waals surface area contributed by atoms with Crippen LogP contribution in [-0.4, -0.2) is 5.38 Å². The Hall–Kier alpha value is -0.750. The van der Waals surface area contributed by atoms with Gasteiger partial charge in [0.15, 0.2) is 0 Å². The van der Waals surface area contributed by atoms with Crippen LogP contribution in [-0.2, 0) is 6.42 Å². The van der Waals surface area contributed by atoms with Crippen LogP contribution in [0.15, 0.2) is 30.8 Å². The highest BCUT2D eigenvalue weighted by Gasteiger charge is 2.22. The third kappa shape index (κ3) is 0.982. The Balaban J connectivity index is 2.55. The summed E-state index contributed by atoms with van der Waals surface area (Å²) in [4.78, 5) is 0. The van der Waals surface area contributed by atoms with Crippen molar-refractivity contribution in [1.29, 1.82) is 0 Å². The average Bonchev–Trinajstić information content (AvgIpc) is 2.30. The van der Waals surface area contributed by atoms with Crippen molar-refractivity contribution in [2.24, 2.45) is 0 Å². The largest absolute Gasteiger partial charge is 0.117 e. The Kier molecular flexibility index (Phi) is 1.50. The number of benzene rings is 1. The number of rotatable bonds is 0. The van der Waals surface area contributed by atoms with Gasteiger partial charge in [0.2, 0.25) is 0 Å². The van der Waals surface area contributed by atoms with Crippen molar-refractivity contribution in [3.8, 4) is 0 Å². The average molecular weight is 165 g/mol. The number of halogens is 1. The Morgan fingerprint density at radius 3 is 2.82 bits per heavy atom. The molecule has 1 aromatic carbocycles. The van der Waals surface area contributed by atoms with E-state index in [9.17, 15) is 0 Å². The molecule has 0 fully saturated rings. The van der Waals surface area contributed by atoms with Crippen LogP contribution in [0.5, 0.6) is 0 Å². The van der Waals surface area contributed by atoms with E-state index in [-0.39, 0.29) is 5.38 Å². The van der Waals surface area contributed by atoms with Gasteiger partial charge in [-0.15, -0.1) is 11.6 Å². The first-order valence-electron chi connectivity index (χ1n) is 3.70. The molecule has 0 bridgehead atoms. The Labute approximate surface area is 71.5 Å². The summed E-state index contributed by atoms with van der Waals surface area (Å²) in [6.45, 7) is 3.94. The highest BCUT2D eigenvalue weighted by Crippen LogP contribution is 2.33. The lowest BCUT2D eigenvalue weighted by molar-refractivity contribution is 1.09. The molecule has 0 heterocycles. The second kappa shape index (κ2) is 2.38. The van der Waals surface area contributed by atoms with Crippen LogP contribution >= 0.6 is 11.6 Å². The molecule has 0 N–H and O–H groups in total. The molecule has 1 heteroatoms. The molecular formula is C10H9Cl. The van der Waals surface area contributed by atoms with Crippen LogP contribution in [0.1, 0.15) is 11.1 Å². The molecule has 1 unspecified atom stereocenters. The SMILES string of the molecule is C=C1c2ccccc2CC1Cl.